The van der Waals surface area contributed by atoms with Crippen LogP contribution in [-0.2, 0) is 9.59 Å². The summed E-state index contributed by atoms with van der Waals surface area (Å²) in [7, 11) is 0. The van der Waals surface area contributed by atoms with Gasteiger partial charge >= 0.3 is 11.9 Å². The molecule has 10 heteroatoms. The van der Waals surface area contributed by atoms with Crippen LogP contribution >= 0.6 is 0 Å². The van der Waals surface area contributed by atoms with Crippen molar-refractivity contribution in [1.29, 1.82) is 0 Å². The molecule has 5 aliphatic rings. The first-order valence-electron chi connectivity index (χ1n) is 16.2. The number of fused-ring (bicyclic) bond motifs is 8. The fraction of sp³-hybridized carbons (Fsp3) is 0.647. The summed E-state index contributed by atoms with van der Waals surface area (Å²) in [6.07, 6.45) is 7.67. The first kappa shape index (κ1) is 32.8. The number of rotatable bonds is 10. The molecule has 0 aromatic heterocycles. The van der Waals surface area contributed by atoms with Gasteiger partial charge in [0.1, 0.15) is 0 Å². The SMILES string of the molecule is C=CC1=C(C)C2CC3NC(CC4NC(CC5NC(CC1N2)C(CO)C5CCC(=O)O)C(CCC(=O)O)=C4C)C(CO)=C3C=C. The molecule has 2 saturated heterocycles. The Labute approximate surface area is 260 Å². The summed E-state index contributed by atoms with van der Waals surface area (Å²) < 4.78 is 0. The first-order valence-corrected chi connectivity index (χ1v) is 16.2. The van der Waals surface area contributed by atoms with Gasteiger partial charge in [-0.3, -0.25) is 9.59 Å². The van der Waals surface area contributed by atoms with Crippen molar-refractivity contribution in [2.75, 3.05) is 13.2 Å². The Morgan fingerprint density at radius 1 is 0.705 bits per heavy atom. The lowest BCUT2D eigenvalue weighted by Gasteiger charge is -2.28. The average Bonchev–Trinajstić information content (AvgIpc) is 3.67. The quantitative estimate of drug-likeness (QED) is 0.172. The Balaban J connectivity index is 1.54. The molecule has 5 heterocycles. The second kappa shape index (κ2) is 13.8. The molecule has 0 amide bonds. The minimum absolute atomic E-state index is 0.00754. The minimum Gasteiger partial charge on any atom is -0.481 e. The van der Waals surface area contributed by atoms with Crippen LogP contribution < -0.4 is 21.3 Å². The number of aliphatic hydroxyl groups excluding tert-OH is 2. The Bertz CT molecular complexity index is 1260. The highest BCUT2D eigenvalue weighted by atomic mass is 16.4. The van der Waals surface area contributed by atoms with Crippen LogP contribution in [0.5, 0.6) is 0 Å². The molecule has 10 nitrogen and oxygen atoms in total. The van der Waals surface area contributed by atoms with E-state index in [1.807, 2.05) is 12.2 Å². The van der Waals surface area contributed by atoms with Crippen molar-refractivity contribution in [3.63, 3.8) is 0 Å². The summed E-state index contributed by atoms with van der Waals surface area (Å²) in [6.45, 7) is 12.4. The maximum absolute atomic E-state index is 11.7. The average molecular weight is 611 g/mol. The Morgan fingerprint density at radius 2 is 1.25 bits per heavy atom. The largest absolute Gasteiger partial charge is 0.481 e. The molecule has 0 spiro atoms. The predicted molar refractivity (Wildman–Crippen MR) is 169 cm³/mol. The van der Waals surface area contributed by atoms with Crippen molar-refractivity contribution in [2.24, 2.45) is 11.8 Å². The number of aliphatic carboxylic acids is 2. The van der Waals surface area contributed by atoms with Gasteiger partial charge in [0.2, 0.25) is 0 Å². The molecule has 0 aromatic rings. The maximum atomic E-state index is 11.7. The van der Waals surface area contributed by atoms with E-state index in [1.165, 1.54) is 11.1 Å². The second-order valence-electron chi connectivity index (χ2n) is 13.4. The van der Waals surface area contributed by atoms with E-state index < -0.39 is 11.9 Å². The first-order chi connectivity index (χ1) is 21.1. The van der Waals surface area contributed by atoms with E-state index in [2.05, 4.69) is 48.3 Å². The Hall–Kier alpha value is -2.60. The van der Waals surface area contributed by atoms with Gasteiger partial charge in [0.05, 0.1) is 6.61 Å². The molecule has 10 atom stereocenters. The van der Waals surface area contributed by atoms with Crippen LogP contribution in [0.25, 0.3) is 0 Å². The van der Waals surface area contributed by atoms with Crippen LogP contribution in [0.4, 0.5) is 0 Å². The molecule has 8 N–H and O–H groups in total. The van der Waals surface area contributed by atoms with Crippen molar-refractivity contribution in [1.82, 2.24) is 21.3 Å². The molecule has 242 valence electrons. The monoisotopic (exact) mass is 610 g/mol. The topological polar surface area (TPSA) is 163 Å². The van der Waals surface area contributed by atoms with Crippen molar-refractivity contribution in [2.45, 2.75) is 114 Å². The van der Waals surface area contributed by atoms with Gasteiger partial charge in [-0.15, -0.1) is 0 Å². The third kappa shape index (κ3) is 6.38. The van der Waals surface area contributed by atoms with Gasteiger partial charge in [0.15, 0.2) is 0 Å². The van der Waals surface area contributed by atoms with Crippen LogP contribution in [0.3, 0.4) is 0 Å². The molecule has 5 aliphatic heterocycles. The molecule has 8 bridgehead atoms. The van der Waals surface area contributed by atoms with Gasteiger partial charge in [0, 0.05) is 73.7 Å². The van der Waals surface area contributed by atoms with Gasteiger partial charge in [-0.1, -0.05) is 42.0 Å². The van der Waals surface area contributed by atoms with Gasteiger partial charge in [-0.05, 0) is 75.0 Å². The smallest absolute Gasteiger partial charge is 0.303 e. The summed E-state index contributed by atoms with van der Waals surface area (Å²) >= 11 is 0. The number of aliphatic hydroxyl groups is 2. The van der Waals surface area contributed by atoms with Crippen LogP contribution in [0.2, 0.25) is 0 Å². The van der Waals surface area contributed by atoms with E-state index in [4.69, 9.17) is 0 Å². The molecular formula is C34H50N4O6. The van der Waals surface area contributed by atoms with Crippen LogP contribution in [0.1, 0.15) is 65.2 Å². The van der Waals surface area contributed by atoms with Crippen molar-refractivity contribution >= 4 is 11.9 Å². The van der Waals surface area contributed by atoms with Crippen LogP contribution in [0, 0.1) is 11.8 Å². The van der Waals surface area contributed by atoms with E-state index in [0.29, 0.717) is 25.7 Å². The van der Waals surface area contributed by atoms with Crippen molar-refractivity contribution in [3.8, 4) is 0 Å². The van der Waals surface area contributed by atoms with E-state index in [1.54, 1.807) is 0 Å². The zero-order valence-corrected chi connectivity index (χ0v) is 26.0. The molecule has 0 radical (unpaired) electrons. The molecular weight excluding hydrogens is 560 g/mol. The fourth-order valence-corrected chi connectivity index (χ4v) is 9.00. The predicted octanol–water partition coefficient (Wildman–Crippen LogP) is 2.17. The summed E-state index contributed by atoms with van der Waals surface area (Å²) in [6, 6.07) is -0.0798. The molecule has 0 aromatic carbocycles. The van der Waals surface area contributed by atoms with Gasteiger partial charge < -0.3 is 41.7 Å². The molecule has 0 aliphatic carbocycles. The second-order valence-corrected chi connectivity index (χ2v) is 13.4. The van der Waals surface area contributed by atoms with Crippen molar-refractivity contribution in [3.05, 3.63) is 58.7 Å². The highest BCUT2D eigenvalue weighted by molar-refractivity contribution is 5.67. The minimum atomic E-state index is -0.846. The van der Waals surface area contributed by atoms with E-state index in [9.17, 15) is 30.0 Å². The van der Waals surface area contributed by atoms with E-state index in [0.717, 1.165) is 35.1 Å². The zero-order valence-electron chi connectivity index (χ0n) is 26.0. The highest BCUT2D eigenvalue weighted by Crippen LogP contribution is 2.41. The Kier molecular flexibility index (Phi) is 10.3. The highest BCUT2D eigenvalue weighted by Gasteiger charge is 2.47. The van der Waals surface area contributed by atoms with Gasteiger partial charge in [-0.25, -0.2) is 0 Å². The number of carboxylic acids is 2. The lowest BCUT2D eigenvalue weighted by molar-refractivity contribution is -0.138. The molecule has 5 rings (SSSR count). The molecule has 2 fully saturated rings. The third-order valence-electron chi connectivity index (χ3n) is 11.2. The summed E-state index contributed by atoms with van der Waals surface area (Å²) in [5.74, 6) is -1.83. The number of hydrogen-bond donors (Lipinski definition) is 8. The van der Waals surface area contributed by atoms with E-state index >= 15 is 0 Å². The fourth-order valence-electron chi connectivity index (χ4n) is 9.00. The summed E-state index contributed by atoms with van der Waals surface area (Å²) in [4.78, 5) is 23.3. The van der Waals surface area contributed by atoms with Crippen LogP contribution in [0.15, 0.2) is 58.7 Å². The normalized spacial score (nSPS) is 37.2. The molecule has 44 heavy (non-hydrogen) atoms. The number of carboxylic acid groups (broad SMARTS) is 2. The summed E-state index contributed by atoms with van der Waals surface area (Å²) in [5, 5.41) is 55.6. The lowest BCUT2D eigenvalue weighted by atomic mass is 9.80. The maximum Gasteiger partial charge on any atom is 0.303 e. The zero-order chi connectivity index (χ0) is 31.7. The number of carbonyl (C=O) groups is 2. The van der Waals surface area contributed by atoms with E-state index in [-0.39, 0.29) is 86.2 Å². The van der Waals surface area contributed by atoms with Gasteiger partial charge in [0.25, 0.3) is 0 Å². The number of nitrogens with one attached hydrogen (secondary N) is 4. The standard InChI is InChI=1S/C34H50N4O6/c1-5-19-17(3)25-11-28-20(6-2)23(15-39)31(37-28)12-26-18(4)21(7-9-33(41)42)29(36-26)14-30-22(8-10-34(43)44)24(16-40)32(38-30)13-27(19)35-25/h5-6,22,24-32,35-40H,1-2,7-16H2,3-4H3,(H,41,42)(H,43,44). The Morgan fingerprint density at radius 3 is 1.89 bits per heavy atom. The van der Waals surface area contributed by atoms with Crippen molar-refractivity contribution < 1.29 is 30.0 Å². The molecule has 10 unspecified atom stereocenters. The molecule has 0 saturated carbocycles. The lowest BCUT2D eigenvalue weighted by Crippen LogP contribution is -2.46. The van der Waals surface area contributed by atoms with Crippen LogP contribution in [-0.4, -0.2) is 93.9 Å². The summed E-state index contributed by atoms with van der Waals surface area (Å²) in [5.41, 5.74) is 6.66. The van der Waals surface area contributed by atoms with Gasteiger partial charge in [-0.2, -0.15) is 0 Å². The number of hydrogen-bond acceptors (Lipinski definition) is 8. The third-order valence-corrected chi connectivity index (χ3v) is 11.2.